The molecule has 0 aliphatic carbocycles. The van der Waals surface area contributed by atoms with Crippen LogP contribution in [0.2, 0.25) is 0 Å². The Morgan fingerprint density at radius 1 is 1.20 bits per heavy atom. The summed E-state index contributed by atoms with van der Waals surface area (Å²) in [5, 5.41) is 9.06. The molecule has 0 saturated carbocycles. The molecule has 0 fully saturated rings. The van der Waals surface area contributed by atoms with Gasteiger partial charge in [0.1, 0.15) is 23.9 Å². The fourth-order valence-corrected chi connectivity index (χ4v) is 1.67. The first-order valence-electron chi connectivity index (χ1n) is 5.71. The van der Waals surface area contributed by atoms with Crippen LogP contribution < -0.4 is 10.5 Å². The van der Waals surface area contributed by atoms with E-state index in [-0.39, 0.29) is 22.6 Å². The second kappa shape index (κ2) is 5.67. The second-order valence-corrected chi connectivity index (χ2v) is 3.95. The number of primary amides is 1. The van der Waals surface area contributed by atoms with E-state index in [0.29, 0.717) is 11.8 Å². The predicted molar refractivity (Wildman–Crippen MR) is 71.6 cm³/mol. The maximum atomic E-state index is 11.3. The van der Waals surface area contributed by atoms with Gasteiger partial charge in [0, 0.05) is 5.56 Å². The topological polar surface area (TPSA) is 93.2 Å². The molecule has 0 radical (unpaired) electrons. The summed E-state index contributed by atoms with van der Waals surface area (Å²) in [6.45, 7) is 0. The quantitative estimate of drug-likeness (QED) is 0.859. The zero-order chi connectivity index (χ0) is 14.5. The van der Waals surface area contributed by atoms with Gasteiger partial charge in [0.25, 0.3) is 5.91 Å². The Hall–Kier alpha value is -3.13. The number of aldehydes is 1. The number of carbonyl (C=O) groups is 2. The van der Waals surface area contributed by atoms with E-state index in [4.69, 9.17) is 15.7 Å². The molecule has 0 atom stereocenters. The summed E-state index contributed by atoms with van der Waals surface area (Å²) < 4.78 is 5.55. The first-order chi connectivity index (χ1) is 9.65. The highest BCUT2D eigenvalue weighted by molar-refractivity contribution is 5.95. The Kier molecular flexibility index (Phi) is 3.77. The highest BCUT2D eigenvalue weighted by Crippen LogP contribution is 2.28. The number of para-hydroxylation sites is 1. The molecule has 1 amide bonds. The van der Waals surface area contributed by atoms with Crippen LogP contribution in [0.4, 0.5) is 0 Å². The number of amides is 1. The number of nitrogens with two attached hydrogens (primary N) is 1. The van der Waals surface area contributed by atoms with Crippen LogP contribution >= 0.6 is 0 Å². The Balaban J connectivity index is 2.43. The lowest BCUT2D eigenvalue weighted by Crippen LogP contribution is -2.12. The fraction of sp³-hybridized carbons (Fsp3) is 0. The predicted octanol–water partition coefficient (Wildman–Crippen LogP) is 2.26. The van der Waals surface area contributed by atoms with Gasteiger partial charge < -0.3 is 10.5 Å². The van der Waals surface area contributed by atoms with Crippen molar-refractivity contribution in [3.05, 3.63) is 59.2 Å². The van der Waals surface area contributed by atoms with E-state index >= 15 is 0 Å². The summed E-state index contributed by atoms with van der Waals surface area (Å²) in [5.74, 6) is -0.106. The third-order valence-electron chi connectivity index (χ3n) is 2.63. The van der Waals surface area contributed by atoms with Crippen molar-refractivity contribution in [2.24, 2.45) is 5.73 Å². The normalized spacial score (nSPS) is 9.55. The molecule has 0 bridgehead atoms. The molecule has 2 N–H and O–H groups in total. The minimum atomic E-state index is -0.622. The van der Waals surface area contributed by atoms with Crippen molar-refractivity contribution >= 4 is 12.2 Å². The van der Waals surface area contributed by atoms with Gasteiger partial charge in [0.05, 0.1) is 11.1 Å². The van der Waals surface area contributed by atoms with Crippen molar-refractivity contribution in [3.8, 4) is 17.6 Å². The number of benzene rings is 2. The van der Waals surface area contributed by atoms with Crippen LogP contribution in [-0.4, -0.2) is 12.2 Å². The molecule has 0 aromatic heterocycles. The zero-order valence-corrected chi connectivity index (χ0v) is 10.4. The Morgan fingerprint density at radius 3 is 2.60 bits per heavy atom. The molecule has 0 aliphatic rings. The van der Waals surface area contributed by atoms with Crippen LogP contribution in [0.3, 0.4) is 0 Å². The molecule has 5 nitrogen and oxygen atoms in total. The largest absolute Gasteiger partial charge is 0.455 e. The summed E-state index contributed by atoms with van der Waals surface area (Å²) >= 11 is 0. The minimum Gasteiger partial charge on any atom is -0.455 e. The molecule has 0 spiro atoms. The van der Waals surface area contributed by atoms with E-state index in [2.05, 4.69) is 0 Å². The molecular formula is C15H10N2O3. The third kappa shape index (κ3) is 2.65. The standard InChI is InChI=1S/C15H10N2O3/c16-8-11-7-10(9-18)5-6-13(11)20-14-4-2-1-3-12(14)15(17)19/h1-7,9H,(H2,17,19). The molecule has 98 valence electrons. The van der Waals surface area contributed by atoms with Crippen molar-refractivity contribution < 1.29 is 14.3 Å². The Labute approximate surface area is 115 Å². The highest BCUT2D eigenvalue weighted by Gasteiger charge is 2.12. The van der Waals surface area contributed by atoms with Crippen molar-refractivity contribution in [1.82, 2.24) is 0 Å². The lowest BCUT2D eigenvalue weighted by Gasteiger charge is -2.10. The average Bonchev–Trinajstić information content (AvgIpc) is 2.48. The third-order valence-corrected chi connectivity index (χ3v) is 2.63. The first-order valence-corrected chi connectivity index (χ1v) is 5.71. The second-order valence-electron chi connectivity index (χ2n) is 3.95. The number of ether oxygens (including phenoxy) is 1. The van der Waals surface area contributed by atoms with Crippen LogP contribution in [0.5, 0.6) is 11.5 Å². The number of hydrogen-bond donors (Lipinski definition) is 1. The van der Waals surface area contributed by atoms with Crippen molar-refractivity contribution in [2.45, 2.75) is 0 Å². The smallest absolute Gasteiger partial charge is 0.252 e. The van der Waals surface area contributed by atoms with Crippen LogP contribution in [0, 0.1) is 11.3 Å². The summed E-state index contributed by atoms with van der Waals surface area (Å²) in [7, 11) is 0. The van der Waals surface area contributed by atoms with E-state index in [1.165, 1.54) is 24.3 Å². The fourth-order valence-electron chi connectivity index (χ4n) is 1.67. The number of carbonyl (C=O) groups excluding carboxylic acids is 2. The van der Waals surface area contributed by atoms with Gasteiger partial charge >= 0.3 is 0 Å². The number of nitrogens with zero attached hydrogens (tertiary/aromatic N) is 1. The van der Waals surface area contributed by atoms with E-state index in [9.17, 15) is 9.59 Å². The molecular weight excluding hydrogens is 256 g/mol. The molecule has 20 heavy (non-hydrogen) atoms. The first kappa shape index (κ1) is 13.3. The maximum Gasteiger partial charge on any atom is 0.252 e. The lowest BCUT2D eigenvalue weighted by atomic mass is 10.1. The van der Waals surface area contributed by atoms with Gasteiger partial charge in [-0.2, -0.15) is 5.26 Å². The SMILES string of the molecule is N#Cc1cc(C=O)ccc1Oc1ccccc1C(N)=O. The van der Waals surface area contributed by atoms with Crippen molar-refractivity contribution in [1.29, 1.82) is 5.26 Å². The summed E-state index contributed by atoms with van der Waals surface area (Å²) in [4.78, 5) is 22.0. The van der Waals surface area contributed by atoms with Crippen molar-refractivity contribution in [2.75, 3.05) is 0 Å². The molecule has 2 aromatic rings. The van der Waals surface area contributed by atoms with Gasteiger partial charge in [-0.25, -0.2) is 0 Å². The van der Waals surface area contributed by atoms with E-state index in [1.54, 1.807) is 18.2 Å². The number of hydrogen-bond acceptors (Lipinski definition) is 4. The number of nitriles is 1. The van der Waals surface area contributed by atoms with Gasteiger partial charge in [0.2, 0.25) is 0 Å². The minimum absolute atomic E-state index is 0.203. The summed E-state index contributed by atoms with van der Waals surface area (Å²) in [6.07, 6.45) is 0.641. The van der Waals surface area contributed by atoms with Crippen molar-refractivity contribution in [3.63, 3.8) is 0 Å². The van der Waals surface area contributed by atoms with E-state index < -0.39 is 5.91 Å². The molecule has 5 heteroatoms. The van der Waals surface area contributed by atoms with Gasteiger partial charge in [-0.05, 0) is 30.3 Å². The van der Waals surface area contributed by atoms with Crippen LogP contribution in [0.25, 0.3) is 0 Å². The van der Waals surface area contributed by atoms with Gasteiger partial charge in [-0.3, -0.25) is 9.59 Å². The number of rotatable bonds is 4. The van der Waals surface area contributed by atoms with Gasteiger partial charge in [-0.15, -0.1) is 0 Å². The van der Waals surface area contributed by atoms with Crippen LogP contribution in [0.15, 0.2) is 42.5 Å². The summed E-state index contributed by atoms with van der Waals surface area (Å²) in [6, 6.07) is 12.8. The Morgan fingerprint density at radius 2 is 1.95 bits per heavy atom. The average molecular weight is 266 g/mol. The monoisotopic (exact) mass is 266 g/mol. The van der Waals surface area contributed by atoms with E-state index in [1.807, 2.05) is 6.07 Å². The molecule has 0 saturated heterocycles. The molecule has 0 heterocycles. The molecule has 2 rings (SSSR count). The molecule has 2 aromatic carbocycles. The molecule has 0 unspecified atom stereocenters. The lowest BCUT2D eigenvalue weighted by molar-refractivity contribution is 0.0997. The highest BCUT2D eigenvalue weighted by atomic mass is 16.5. The van der Waals surface area contributed by atoms with E-state index in [0.717, 1.165) is 0 Å². The Bertz CT molecular complexity index is 717. The maximum absolute atomic E-state index is 11.3. The zero-order valence-electron chi connectivity index (χ0n) is 10.4. The molecule has 0 aliphatic heterocycles. The summed E-state index contributed by atoms with van der Waals surface area (Å²) in [5.41, 5.74) is 6.05. The van der Waals surface area contributed by atoms with Gasteiger partial charge in [0.15, 0.2) is 0 Å². The van der Waals surface area contributed by atoms with Crippen LogP contribution in [0.1, 0.15) is 26.3 Å². The van der Waals surface area contributed by atoms with Gasteiger partial charge in [-0.1, -0.05) is 12.1 Å². The van der Waals surface area contributed by atoms with Crippen LogP contribution in [-0.2, 0) is 0 Å².